The SMILES string of the molecule is C=CCc1cccc(N)c1C. The highest BCUT2D eigenvalue weighted by molar-refractivity contribution is 5.50. The third-order valence-corrected chi connectivity index (χ3v) is 1.85. The van der Waals surface area contributed by atoms with E-state index < -0.39 is 0 Å². The van der Waals surface area contributed by atoms with Crippen LogP contribution in [0.15, 0.2) is 30.9 Å². The molecule has 0 spiro atoms. The van der Waals surface area contributed by atoms with E-state index in [0.717, 1.165) is 12.1 Å². The van der Waals surface area contributed by atoms with Gasteiger partial charge in [0.1, 0.15) is 0 Å². The fourth-order valence-corrected chi connectivity index (χ4v) is 1.08. The zero-order valence-corrected chi connectivity index (χ0v) is 6.80. The van der Waals surface area contributed by atoms with Gasteiger partial charge in [0.25, 0.3) is 0 Å². The summed E-state index contributed by atoms with van der Waals surface area (Å²) < 4.78 is 0. The monoisotopic (exact) mass is 147 g/mol. The van der Waals surface area contributed by atoms with Gasteiger partial charge in [0.2, 0.25) is 0 Å². The molecule has 58 valence electrons. The highest BCUT2D eigenvalue weighted by atomic mass is 14.6. The first-order chi connectivity index (χ1) is 5.25. The third kappa shape index (κ3) is 1.61. The molecule has 1 rings (SSSR count). The van der Waals surface area contributed by atoms with Gasteiger partial charge in [-0.2, -0.15) is 0 Å². The van der Waals surface area contributed by atoms with E-state index in [-0.39, 0.29) is 0 Å². The van der Waals surface area contributed by atoms with E-state index >= 15 is 0 Å². The van der Waals surface area contributed by atoms with Gasteiger partial charge in [-0.05, 0) is 30.5 Å². The molecule has 0 atom stereocenters. The molecule has 0 bridgehead atoms. The van der Waals surface area contributed by atoms with Crippen molar-refractivity contribution < 1.29 is 0 Å². The lowest BCUT2D eigenvalue weighted by molar-refractivity contribution is 1.22. The molecule has 1 aromatic rings. The maximum Gasteiger partial charge on any atom is 0.0346 e. The largest absolute Gasteiger partial charge is 0.399 e. The van der Waals surface area contributed by atoms with Crippen LogP contribution in [0.5, 0.6) is 0 Å². The second kappa shape index (κ2) is 3.24. The first kappa shape index (κ1) is 7.86. The summed E-state index contributed by atoms with van der Waals surface area (Å²) >= 11 is 0. The molecule has 0 aliphatic rings. The molecule has 0 heterocycles. The number of rotatable bonds is 2. The van der Waals surface area contributed by atoms with Crippen LogP contribution >= 0.6 is 0 Å². The number of hydrogen-bond acceptors (Lipinski definition) is 1. The second-order valence-electron chi connectivity index (χ2n) is 2.62. The Morgan fingerprint density at radius 3 is 2.91 bits per heavy atom. The molecule has 1 aromatic carbocycles. The van der Waals surface area contributed by atoms with Crippen LogP contribution in [0, 0.1) is 6.92 Å². The summed E-state index contributed by atoms with van der Waals surface area (Å²) in [7, 11) is 0. The Labute approximate surface area is 67.5 Å². The van der Waals surface area contributed by atoms with E-state index in [4.69, 9.17) is 5.73 Å². The summed E-state index contributed by atoms with van der Waals surface area (Å²) in [5, 5.41) is 0. The van der Waals surface area contributed by atoms with Crippen molar-refractivity contribution in [3.63, 3.8) is 0 Å². The Balaban J connectivity index is 3.05. The average molecular weight is 147 g/mol. The van der Waals surface area contributed by atoms with Crippen LogP contribution in [-0.2, 0) is 6.42 Å². The van der Waals surface area contributed by atoms with Crippen molar-refractivity contribution in [2.45, 2.75) is 13.3 Å². The van der Waals surface area contributed by atoms with Crippen LogP contribution in [-0.4, -0.2) is 0 Å². The van der Waals surface area contributed by atoms with E-state index in [0.29, 0.717) is 0 Å². The van der Waals surface area contributed by atoms with Gasteiger partial charge in [-0.3, -0.25) is 0 Å². The number of benzene rings is 1. The highest BCUT2D eigenvalue weighted by Crippen LogP contribution is 2.15. The Kier molecular flexibility index (Phi) is 2.32. The van der Waals surface area contributed by atoms with E-state index in [9.17, 15) is 0 Å². The van der Waals surface area contributed by atoms with Gasteiger partial charge < -0.3 is 5.73 Å². The number of nitrogens with two attached hydrogens (primary N) is 1. The summed E-state index contributed by atoms with van der Waals surface area (Å²) in [6, 6.07) is 5.97. The normalized spacial score (nSPS) is 9.55. The highest BCUT2D eigenvalue weighted by Gasteiger charge is 1.97. The third-order valence-electron chi connectivity index (χ3n) is 1.85. The molecule has 0 saturated carbocycles. The van der Waals surface area contributed by atoms with E-state index in [2.05, 4.69) is 12.6 Å². The van der Waals surface area contributed by atoms with Gasteiger partial charge in [-0.15, -0.1) is 6.58 Å². The molecule has 0 fully saturated rings. The molecule has 0 aromatic heterocycles. The first-order valence-corrected chi connectivity index (χ1v) is 3.70. The minimum absolute atomic E-state index is 0.865. The quantitative estimate of drug-likeness (QED) is 0.504. The summed E-state index contributed by atoms with van der Waals surface area (Å²) in [4.78, 5) is 0. The smallest absolute Gasteiger partial charge is 0.0346 e. The Morgan fingerprint density at radius 1 is 1.55 bits per heavy atom. The van der Waals surface area contributed by atoms with Crippen LogP contribution in [0.1, 0.15) is 11.1 Å². The zero-order chi connectivity index (χ0) is 8.27. The Morgan fingerprint density at radius 2 is 2.27 bits per heavy atom. The van der Waals surface area contributed by atoms with E-state index in [1.807, 2.05) is 25.1 Å². The zero-order valence-electron chi connectivity index (χ0n) is 6.80. The van der Waals surface area contributed by atoms with Crippen molar-refractivity contribution in [2.75, 3.05) is 5.73 Å². The van der Waals surface area contributed by atoms with Crippen molar-refractivity contribution in [2.24, 2.45) is 0 Å². The molecule has 1 nitrogen and oxygen atoms in total. The molecular weight excluding hydrogens is 134 g/mol. The lowest BCUT2D eigenvalue weighted by Gasteiger charge is -2.04. The van der Waals surface area contributed by atoms with Crippen molar-refractivity contribution >= 4 is 5.69 Å². The molecule has 1 heteroatoms. The topological polar surface area (TPSA) is 26.0 Å². The minimum Gasteiger partial charge on any atom is -0.399 e. The van der Waals surface area contributed by atoms with Crippen molar-refractivity contribution in [3.8, 4) is 0 Å². The lowest BCUT2D eigenvalue weighted by Crippen LogP contribution is -1.93. The van der Waals surface area contributed by atoms with Gasteiger partial charge in [0, 0.05) is 5.69 Å². The second-order valence-corrected chi connectivity index (χ2v) is 2.62. The Bertz CT molecular complexity index is 264. The van der Waals surface area contributed by atoms with Gasteiger partial charge in [0.15, 0.2) is 0 Å². The molecule has 2 N–H and O–H groups in total. The molecule has 0 aliphatic carbocycles. The molecular formula is C10H13N. The van der Waals surface area contributed by atoms with Gasteiger partial charge in [-0.1, -0.05) is 18.2 Å². The van der Waals surface area contributed by atoms with E-state index in [1.165, 1.54) is 11.1 Å². The fraction of sp³-hybridized carbons (Fsp3) is 0.200. The average Bonchev–Trinajstić information content (AvgIpc) is 1.99. The number of anilines is 1. The molecule has 11 heavy (non-hydrogen) atoms. The standard InChI is InChI=1S/C10H13N/c1-3-5-9-6-4-7-10(11)8(9)2/h3-4,6-7H,1,5,11H2,2H3. The first-order valence-electron chi connectivity index (χ1n) is 3.70. The van der Waals surface area contributed by atoms with Crippen LogP contribution in [0.25, 0.3) is 0 Å². The molecule has 0 saturated heterocycles. The predicted molar refractivity (Wildman–Crippen MR) is 49.5 cm³/mol. The number of hydrogen-bond donors (Lipinski definition) is 1. The lowest BCUT2D eigenvalue weighted by atomic mass is 10.0. The van der Waals surface area contributed by atoms with Crippen LogP contribution < -0.4 is 5.73 Å². The van der Waals surface area contributed by atoms with Crippen LogP contribution in [0.2, 0.25) is 0 Å². The molecule has 0 amide bonds. The van der Waals surface area contributed by atoms with Crippen molar-refractivity contribution in [3.05, 3.63) is 42.0 Å². The molecule has 0 aliphatic heterocycles. The van der Waals surface area contributed by atoms with Gasteiger partial charge in [-0.25, -0.2) is 0 Å². The maximum absolute atomic E-state index is 5.72. The molecule has 0 unspecified atom stereocenters. The maximum atomic E-state index is 5.72. The van der Waals surface area contributed by atoms with Gasteiger partial charge >= 0.3 is 0 Å². The Hall–Kier alpha value is -1.24. The minimum atomic E-state index is 0.865. The van der Waals surface area contributed by atoms with Gasteiger partial charge in [0.05, 0.1) is 0 Å². The summed E-state index contributed by atoms with van der Waals surface area (Å²) in [6.07, 6.45) is 2.79. The van der Waals surface area contributed by atoms with Crippen molar-refractivity contribution in [1.82, 2.24) is 0 Å². The van der Waals surface area contributed by atoms with E-state index in [1.54, 1.807) is 0 Å². The molecule has 0 radical (unpaired) electrons. The summed E-state index contributed by atoms with van der Waals surface area (Å²) in [5.74, 6) is 0. The van der Waals surface area contributed by atoms with Crippen LogP contribution in [0.3, 0.4) is 0 Å². The summed E-state index contributed by atoms with van der Waals surface area (Å²) in [6.45, 7) is 5.72. The number of nitrogen functional groups attached to an aromatic ring is 1. The number of allylic oxidation sites excluding steroid dienone is 1. The summed E-state index contributed by atoms with van der Waals surface area (Å²) in [5.41, 5.74) is 9.02. The fourth-order valence-electron chi connectivity index (χ4n) is 1.08. The van der Waals surface area contributed by atoms with Crippen LogP contribution in [0.4, 0.5) is 5.69 Å². The predicted octanol–water partition coefficient (Wildman–Crippen LogP) is 2.31. The van der Waals surface area contributed by atoms with Crippen molar-refractivity contribution in [1.29, 1.82) is 0 Å².